The molecule has 2 rings (SSSR count). The van der Waals surface area contributed by atoms with Gasteiger partial charge in [-0.05, 0) is 11.1 Å². The van der Waals surface area contributed by atoms with E-state index in [2.05, 4.69) is 34.5 Å². The Labute approximate surface area is 121 Å². The molecule has 1 fully saturated rings. The minimum Gasteiger partial charge on any atom is -0.379 e. The molecule has 0 saturated carbocycles. The summed E-state index contributed by atoms with van der Waals surface area (Å²) in [5, 5.41) is 2.93. The second-order valence-electron chi connectivity index (χ2n) is 5.58. The summed E-state index contributed by atoms with van der Waals surface area (Å²) in [7, 11) is 0. The van der Waals surface area contributed by atoms with Crippen LogP contribution in [0, 0.1) is 5.92 Å². The molecule has 1 N–H and O–H groups in total. The number of carbonyl (C=O) groups excluding carboxylic acids is 1. The van der Waals surface area contributed by atoms with Crippen LogP contribution in [0.15, 0.2) is 24.3 Å². The van der Waals surface area contributed by atoms with Crippen LogP contribution in [-0.4, -0.2) is 37.1 Å². The van der Waals surface area contributed by atoms with Gasteiger partial charge in [-0.2, -0.15) is 0 Å². The molecule has 0 unspecified atom stereocenters. The zero-order chi connectivity index (χ0) is 14.4. The number of hydrogen-bond acceptors (Lipinski definition) is 3. The minimum absolute atomic E-state index is 0.0376. The molecule has 0 spiro atoms. The van der Waals surface area contributed by atoms with Gasteiger partial charge in [0.15, 0.2) is 0 Å². The van der Waals surface area contributed by atoms with Gasteiger partial charge in [0.25, 0.3) is 0 Å². The fourth-order valence-electron chi connectivity index (χ4n) is 2.17. The van der Waals surface area contributed by atoms with Crippen molar-refractivity contribution in [3.05, 3.63) is 35.4 Å². The van der Waals surface area contributed by atoms with Crippen LogP contribution in [-0.2, 0) is 22.6 Å². The van der Waals surface area contributed by atoms with Gasteiger partial charge in [-0.3, -0.25) is 9.69 Å². The average Bonchev–Trinajstić information content (AvgIpc) is 2.47. The number of morpholine rings is 1. The van der Waals surface area contributed by atoms with Gasteiger partial charge in [-0.1, -0.05) is 38.1 Å². The molecule has 1 heterocycles. The molecule has 20 heavy (non-hydrogen) atoms. The fraction of sp³-hybridized carbons (Fsp3) is 0.562. The summed E-state index contributed by atoms with van der Waals surface area (Å²) in [5.74, 6) is 0.137. The van der Waals surface area contributed by atoms with E-state index in [1.807, 2.05) is 13.8 Å². The molecule has 0 radical (unpaired) electrons. The van der Waals surface area contributed by atoms with Crippen LogP contribution in [0.3, 0.4) is 0 Å². The van der Waals surface area contributed by atoms with E-state index < -0.39 is 0 Å². The summed E-state index contributed by atoms with van der Waals surface area (Å²) >= 11 is 0. The molecule has 1 amide bonds. The van der Waals surface area contributed by atoms with E-state index in [0.717, 1.165) is 38.4 Å². The molecular weight excluding hydrogens is 252 g/mol. The van der Waals surface area contributed by atoms with Crippen molar-refractivity contribution in [3.63, 3.8) is 0 Å². The number of hydrogen-bond donors (Lipinski definition) is 1. The van der Waals surface area contributed by atoms with E-state index in [9.17, 15) is 4.79 Å². The van der Waals surface area contributed by atoms with Crippen molar-refractivity contribution in [2.75, 3.05) is 26.3 Å². The standard InChI is InChI=1S/C16H24N2O2/c1-13(2)16(19)17-11-14-3-5-15(6-4-14)12-18-7-9-20-10-8-18/h3-6,13H,7-12H2,1-2H3,(H,17,19). The first kappa shape index (κ1) is 15.0. The topological polar surface area (TPSA) is 41.6 Å². The molecule has 1 aromatic rings. The van der Waals surface area contributed by atoms with Gasteiger partial charge < -0.3 is 10.1 Å². The third-order valence-corrected chi connectivity index (χ3v) is 3.52. The largest absolute Gasteiger partial charge is 0.379 e. The molecule has 1 aliphatic heterocycles. The maximum absolute atomic E-state index is 11.5. The molecular formula is C16H24N2O2. The van der Waals surface area contributed by atoms with E-state index in [4.69, 9.17) is 4.74 Å². The number of ether oxygens (including phenoxy) is 1. The monoisotopic (exact) mass is 276 g/mol. The van der Waals surface area contributed by atoms with Crippen LogP contribution in [0.25, 0.3) is 0 Å². The highest BCUT2D eigenvalue weighted by Gasteiger charge is 2.10. The summed E-state index contributed by atoms with van der Waals surface area (Å²) in [6, 6.07) is 8.48. The molecule has 1 aromatic carbocycles. The first-order valence-electron chi connectivity index (χ1n) is 7.31. The smallest absolute Gasteiger partial charge is 0.222 e. The zero-order valence-corrected chi connectivity index (χ0v) is 12.4. The van der Waals surface area contributed by atoms with Crippen molar-refractivity contribution >= 4 is 5.91 Å². The summed E-state index contributed by atoms with van der Waals surface area (Å²) < 4.78 is 5.35. The van der Waals surface area contributed by atoms with Gasteiger partial charge in [0.05, 0.1) is 13.2 Å². The molecule has 4 nitrogen and oxygen atoms in total. The SMILES string of the molecule is CC(C)C(=O)NCc1ccc(CN2CCOCC2)cc1. The lowest BCUT2D eigenvalue weighted by atomic mass is 10.1. The minimum atomic E-state index is 0.0376. The lowest BCUT2D eigenvalue weighted by Crippen LogP contribution is -2.35. The number of rotatable bonds is 5. The Bertz CT molecular complexity index is 423. The number of benzene rings is 1. The molecule has 0 aliphatic carbocycles. The summed E-state index contributed by atoms with van der Waals surface area (Å²) in [5.41, 5.74) is 2.45. The van der Waals surface area contributed by atoms with Crippen molar-refractivity contribution in [1.29, 1.82) is 0 Å². The Morgan fingerprint density at radius 2 is 1.80 bits per heavy atom. The van der Waals surface area contributed by atoms with Crippen molar-refractivity contribution in [2.45, 2.75) is 26.9 Å². The van der Waals surface area contributed by atoms with Crippen LogP contribution in [0.2, 0.25) is 0 Å². The van der Waals surface area contributed by atoms with Gasteiger partial charge in [0, 0.05) is 32.1 Å². The lowest BCUT2D eigenvalue weighted by molar-refractivity contribution is -0.124. The van der Waals surface area contributed by atoms with Crippen LogP contribution >= 0.6 is 0 Å². The number of nitrogens with one attached hydrogen (secondary N) is 1. The third kappa shape index (κ3) is 4.62. The molecule has 0 atom stereocenters. The number of carbonyl (C=O) groups is 1. The van der Waals surface area contributed by atoms with Gasteiger partial charge in [-0.15, -0.1) is 0 Å². The second-order valence-corrected chi connectivity index (χ2v) is 5.58. The van der Waals surface area contributed by atoms with Crippen LogP contribution in [0.5, 0.6) is 0 Å². The van der Waals surface area contributed by atoms with E-state index in [0.29, 0.717) is 6.54 Å². The van der Waals surface area contributed by atoms with Gasteiger partial charge in [-0.25, -0.2) is 0 Å². The Morgan fingerprint density at radius 3 is 2.40 bits per heavy atom. The van der Waals surface area contributed by atoms with E-state index in [1.54, 1.807) is 0 Å². The summed E-state index contributed by atoms with van der Waals surface area (Å²) in [4.78, 5) is 13.9. The molecule has 1 aliphatic rings. The second kappa shape index (κ2) is 7.41. The summed E-state index contributed by atoms with van der Waals surface area (Å²) in [6.45, 7) is 9.06. The Morgan fingerprint density at radius 1 is 1.20 bits per heavy atom. The fourth-order valence-corrected chi connectivity index (χ4v) is 2.17. The van der Waals surface area contributed by atoms with Crippen molar-refractivity contribution < 1.29 is 9.53 Å². The average molecular weight is 276 g/mol. The molecule has 0 bridgehead atoms. The van der Waals surface area contributed by atoms with Gasteiger partial charge >= 0.3 is 0 Å². The highest BCUT2D eigenvalue weighted by Crippen LogP contribution is 2.09. The third-order valence-electron chi connectivity index (χ3n) is 3.52. The van der Waals surface area contributed by atoms with Crippen LogP contribution in [0.4, 0.5) is 0 Å². The van der Waals surface area contributed by atoms with Crippen molar-refractivity contribution in [3.8, 4) is 0 Å². The normalized spacial score (nSPS) is 16.4. The van der Waals surface area contributed by atoms with Gasteiger partial charge in [0.2, 0.25) is 5.91 Å². The first-order chi connectivity index (χ1) is 9.65. The quantitative estimate of drug-likeness (QED) is 0.891. The van der Waals surface area contributed by atoms with Gasteiger partial charge in [0.1, 0.15) is 0 Å². The van der Waals surface area contributed by atoms with E-state index in [-0.39, 0.29) is 11.8 Å². The predicted octanol–water partition coefficient (Wildman–Crippen LogP) is 1.79. The maximum atomic E-state index is 11.5. The van der Waals surface area contributed by atoms with E-state index in [1.165, 1.54) is 5.56 Å². The zero-order valence-electron chi connectivity index (χ0n) is 12.4. The Kier molecular flexibility index (Phi) is 5.56. The number of nitrogens with zero attached hydrogens (tertiary/aromatic N) is 1. The first-order valence-corrected chi connectivity index (χ1v) is 7.31. The Balaban J connectivity index is 1.81. The number of amides is 1. The molecule has 4 heteroatoms. The Hall–Kier alpha value is -1.39. The van der Waals surface area contributed by atoms with E-state index >= 15 is 0 Å². The molecule has 0 aromatic heterocycles. The van der Waals surface area contributed by atoms with Crippen molar-refractivity contribution in [1.82, 2.24) is 10.2 Å². The molecule has 1 saturated heterocycles. The highest BCUT2D eigenvalue weighted by molar-refractivity contribution is 5.77. The summed E-state index contributed by atoms with van der Waals surface area (Å²) in [6.07, 6.45) is 0. The van der Waals surface area contributed by atoms with Crippen LogP contribution < -0.4 is 5.32 Å². The highest BCUT2D eigenvalue weighted by atomic mass is 16.5. The lowest BCUT2D eigenvalue weighted by Gasteiger charge is -2.26. The maximum Gasteiger partial charge on any atom is 0.222 e. The van der Waals surface area contributed by atoms with Crippen molar-refractivity contribution in [2.24, 2.45) is 5.92 Å². The molecule has 110 valence electrons. The van der Waals surface area contributed by atoms with Crippen LogP contribution in [0.1, 0.15) is 25.0 Å². The predicted molar refractivity (Wildman–Crippen MR) is 79.2 cm³/mol.